The number of carbonyl (C=O) groups excluding carboxylic acids is 1. The number of allylic oxidation sites excluding steroid dienone is 5. The molecule has 0 bridgehead atoms. The highest BCUT2D eigenvalue weighted by atomic mass is 16.1. The van der Waals surface area contributed by atoms with Crippen molar-refractivity contribution in [2.45, 2.75) is 6.04 Å². The van der Waals surface area contributed by atoms with Crippen LogP contribution in [-0.4, -0.2) is 11.8 Å². The third-order valence-electron chi connectivity index (χ3n) is 4.10. The van der Waals surface area contributed by atoms with Crippen LogP contribution >= 0.6 is 0 Å². The number of ketones is 1. The van der Waals surface area contributed by atoms with E-state index in [1.165, 1.54) is 0 Å². The van der Waals surface area contributed by atoms with Gasteiger partial charge in [0.2, 0.25) is 0 Å². The molecule has 0 aliphatic heterocycles. The summed E-state index contributed by atoms with van der Waals surface area (Å²) in [5.74, 6) is 0.239. The quantitative estimate of drug-likeness (QED) is 0.766. The van der Waals surface area contributed by atoms with Gasteiger partial charge in [-0.3, -0.25) is 4.79 Å². The lowest BCUT2D eigenvalue weighted by atomic mass is 9.70. The van der Waals surface area contributed by atoms with Crippen LogP contribution in [0.4, 0.5) is 0 Å². The topological polar surface area (TPSA) is 43.1 Å². The molecule has 2 unspecified atom stereocenters. The first kappa shape index (κ1) is 10.7. The fraction of sp³-hybridized carbons (Fsp3) is 0.118. The van der Waals surface area contributed by atoms with Crippen LogP contribution in [0.15, 0.2) is 65.8 Å². The summed E-state index contributed by atoms with van der Waals surface area (Å²) in [6.07, 6.45) is 10.0. The van der Waals surface area contributed by atoms with Gasteiger partial charge >= 0.3 is 0 Å². The molecular formula is C17H13NO. The van der Waals surface area contributed by atoms with Crippen LogP contribution in [-0.2, 0) is 0 Å². The van der Waals surface area contributed by atoms with E-state index >= 15 is 0 Å². The summed E-state index contributed by atoms with van der Waals surface area (Å²) >= 11 is 0. The van der Waals surface area contributed by atoms with Crippen molar-refractivity contribution in [3.63, 3.8) is 0 Å². The largest absolute Gasteiger partial charge is 0.324 e. The van der Waals surface area contributed by atoms with Crippen LogP contribution in [0.5, 0.6) is 0 Å². The number of hydrogen-bond donors (Lipinski definition) is 1. The molecule has 0 spiro atoms. The van der Waals surface area contributed by atoms with E-state index in [4.69, 9.17) is 5.73 Å². The van der Waals surface area contributed by atoms with E-state index in [2.05, 4.69) is 12.2 Å². The Labute approximate surface area is 111 Å². The smallest absolute Gasteiger partial charge is 0.193 e. The van der Waals surface area contributed by atoms with Crippen LogP contribution in [0.1, 0.15) is 15.9 Å². The Kier molecular flexibility index (Phi) is 2.06. The van der Waals surface area contributed by atoms with Gasteiger partial charge in [-0.25, -0.2) is 0 Å². The monoisotopic (exact) mass is 247 g/mol. The van der Waals surface area contributed by atoms with Gasteiger partial charge in [0.25, 0.3) is 0 Å². The van der Waals surface area contributed by atoms with Gasteiger partial charge in [0, 0.05) is 23.1 Å². The Morgan fingerprint density at radius 1 is 1.05 bits per heavy atom. The molecule has 0 radical (unpaired) electrons. The molecule has 0 fully saturated rings. The molecule has 3 aliphatic carbocycles. The number of benzene rings is 1. The maximum absolute atomic E-state index is 12.6. The zero-order valence-electron chi connectivity index (χ0n) is 10.3. The van der Waals surface area contributed by atoms with E-state index in [9.17, 15) is 4.79 Å². The molecule has 0 aromatic heterocycles. The fourth-order valence-electron chi connectivity index (χ4n) is 3.19. The lowest BCUT2D eigenvalue weighted by molar-refractivity contribution is 0.103. The highest BCUT2D eigenvalue weighted by molar-refractivity contribution is 6.19. The van der Waals surface area contributed by atoms with Gasteiger partial charge in [-0.1, -0.05) is 54.6 Å². The molecule has 2 heteroatoms. The van der Waals surface area contributed by atoms with Crippen molar-refractivity contribution in [1.29, 1.82) is 0 Å². The average Bonchev–Trinajstić information content (AvgIpc) is 2.46. The van der Waals surface area contributed by atoms with Crippen LogP contribution in [0.3, 0.4) is 0 Å². The van der Waals surface area contributed by atoms with Gasteiger partial charge in [0.05, 0.1) is 0 Å². The van der Waals surface area contributed by atoms with Crippen LogP contribution in [0, 0.1) is 5.92 Å². The fourth-order valence-corrected chi connectivity index (χ4v) is 3.19. The Hall–Kier alpha value is -2.19. The Morgan fingerprint density at radius 2 is 1.84 bits per heavy atom. The van der Waals surface area contributed by atoms with Crippen LogP contribution in [0.2, 0.25) is 0 Å². The maximum atomic E-state index is 12.6. The summed E-state index contributed by atoms with van der Waals surface area (Å²) in [7, 11) is 0. The number of rotatable bonds is 0. The van der Waals surface area contributed by atoms with Crippen molar-refractivity contribution in [3.05, 3.63) is 76.9 Å². The first-order valence-corrected chi connectivity index (χ1v) is 6.48. The number of hydrogen-bond acceptors (Lipinski definition) is 2. The molecule has 0 saturated carbocycles. The van der Waals surface area contributed by atoms with E-state index in [0.29, 0.717) is 0 Å². The number of fused-ring (bicyclic) bond motifs is 2. The number of carbonyl (C=O) groups is 1. The van der Waals surface area contributed by atoms with E-state index in [-0.39, 0.29) is 17.7 Å². The van der Waals surface area contributed by atoms with Crippen molar-refractivity contribution in [2.75, 3.05) is 0 Å². The van der Waals surface area contributed by atoms with Gasteiger partial charge in [-0.2, -0.15) is 0 Å². The van der Waals surface area contributed by atoms with Crippen molar-refractivity contribution >= 4 is 11.4 Å². The molecule has 2 atom stereocenters. The molecule has 3 aliphatic rings. The van der Waals surface area contributed by atoms with E-state index in [1.54, 1.807) is 0 Å². The third kappa shape index (κ3) is 1.32. The van der Waals surface area contributed by atoms with Crippen LogP contribution < -0.4 is 5.73 Å². The minimum atomic E-state index is -0.0447. The van der Waals surface area contributed by atoms with Crippen molar-refractivity contribution in [1.82, 2.24) is 0 Å². The molecule has 2 N–H and O–H groups in total. The lowest BCUT2D eigenvalue weighted by Crippen LogP contribution is -2.35. The zero-order valence-corrected chi connectivity index (χ0v) is 10.3. The summed E-state index contributed by atoms with van der Waals surface area (Å²) in [5, 5.41) is 0. The highest BCUT2D eigenvalue weighted by Gasteiger charge is 2.36. The first-order valence-electron chi connectivity index (χ1n) is 6.48. The van der Waals surface area contributed by atoms with Crippen molar-refractivity contribution in [2.24, 2.45) is 11.7 Å². The second-order valence-corrected chi connectivity index (χ2v) is 5.13. The minimum Gasteiger partial charge on any atom is -0.324 e. The average molecular weight is 247 g/mol. The molecule has 0 amide bonds. The molecule has 92 valence electrons. The van der Waals surface area contributed by atoms with Gasteiger partial charge < -0.3 is 5.73 Å². The molecular weight excluding hydrogens is 234 g/mol. The van der Waals surface area contributed by atoms with Gasteiger partial charge in [-0.05, 0) is 16.7 Å². The predicted molar refractivity (Wildman–Crippen MR) is 75.5 cm³/mol. The summed E-state index contributed by atoms with van der Waals surface area (Å²) < 4.78 is 0. The molecule has 0 saturated heterocycles. The van der Waals surface area contributed by atoms with E-state index in [0.717, 1.165) is 27.8 Å². The SMILES string of the molecule is NC1C=CC2=C3C(=CC=CC31)C(=O)c1ccccc12. The molecule has 1 aromatic rings. The standard InChI is InChI=1S/C17H13NO/c18-15-9-8-11-10-4-1-2-5-12(10)17(19)14-7-3-6-13(15)16(11)14/h1-9,13,15H,18H2. The Morgan fingerprint density at radius 3 is 2.68 bits per heavy atom. The van der Waals surface area contributed by atoms with E-state index < -0.39 is 0 Å². The van der Waals surface area contributed by atoms with Gasteiger partial charge in [-0.15, -0.1) is 0 Å². The summed E-state index contributed by atoms with van der Waals surface area (Å²) in [4.78, 5) is 12.6. The molecule has 0 heterocycles. The second-order valence-electron chi connectivity index (χ2n) is 5.13. The minimum absolute atomic E-state index is 0.0447. The van der Waals surface area contributed by atoms with Gasteiger partial charge in [0.15, 0.2) is 5.78 Å². The lowest BCUT2D eigenvalue weighted by Gasteiger charge is -2.34. The maximum Gasteiger partial charge on any atom is 0.193 e. The molecule has 1 aromatic carbocycles. The Balaban J connectivity index is 2.08. The molecule has 4 rings (SSSR count). The number of nitrogens with two attached hydrogens (primary N) is 1. The van der Waals surface area contributed by atoms with Crippen LogP contribution in [0.25, 0.3) is 5.57 Å². The van der Waals surface area contributed by atoms with Crippen molar-refractivity contribution < 1.29 is 4.79 Å². The Bertz CT molecular complexity index is 719. The normalized spacial score (nSPS) is 27.0. The molecule has 2 nitrogen and oxygen atoms in total. The molecule has 19 heavy (non-hydrogen) atoms. The van der Waals surface area contributed by atoms with Crippen molar-refractivity contribution in [3.8, 4) is 0 Å². The highest BCUT2D eigenvalue weighted by Crippen LogP contribution is 2.44. The summed E-state index contributed by atoms with van der Waals surface area (Å²) in [5.41, 5.74) is 11.0. The number of Topliss-reactive ketones (excluding diaryl/α,β-unsaturated/α-hetero) is 1. The first-order chi connectivity index (χ1) is 9.27. The summed E-state index contributed by atoms with van der Waals surface area (Å²) in [6.45, 7) is 0. The second kappa shape index (κ2) is 3.65. The van der Waals surface area contributed by atoms with Gasteiger partial charge in [0.1, 0.15) is 0 Å². The third-order valence-corrected chi connectivity index (χ3v) is 4.10. The zero-order chi connectivity index (χ0) is 13.0. The predicted octanol–water partition coefficient (Wildman–Crippen LogP) is 2.65. The summed E-state index contributed by atoms with van der Waals surface area (Å²) in [6, 6.07) is 7.76. The van der Waals surface area contributed by atoms with E-state index in [1.807, 2.05) is 42.5 Å².